The Morgan fingerprint density at radius 1 is 0.980 bits per heavy atom. The van der Waals surface area contributed by atoms with Crippen LogP contribution in [0.15, 0.2) is 11.1 Å². The molecule has 1 amide bonds. The predicted octanol–water partition coefficient (Wildman–Crippen LogP) is 3.87. The molecule has 0 aromatic heterocycles. The van der Waals surface area contributed by atoms with Crippen LogP contribution in [0.2, 0.25) is 0 Å². The van der Waals surface area contributed by atoms with Crippen LogP contribution in [0, 0.1) is 39.4 Å². The van der Waals surface area contributed by atoms with E-state index in [2.05, 4.69) is 33.0 Å². The number of allylic oxidation sites excluding steroid dienone is 1. The normalized spacial score (nSPS) is 38.0. The van der Waals surface area contributed by atoms with Crippen molar-refractivity contribution in [1.29, 1.82) is 0 Å². The molecule has 11 nitrogen and oxygen atoms in total. The summed E-state index contributed by atoms with van der Waals surface area (Å²) < 4.78 is 5.93. The summed E-state index contributed by atoms with van der Waals surface area (Å²) in [6.07, 6.45) is 1.46. The first-order valence-electron chi connectivity index (χ1n) is 18.2. The van der Waals surface area contributed by atoms with Crippen LogP contribution in [-0.4, -0.2) is 90.6 Å². The number of ether oxygens (including phenoxy) is 1. The van der Waals surface area contributed by atoms with Crippen molar-refractivity contribution in [3.05, 3.63) is 11.1 Å². The first-order valence-corrected chi connectivity index (χ1v) is 18.2. The van der Waals surface area contributed by atoms with Crippen molar-refractivity contribution in [3.8, 4) is 0 Å². The molecular weight excluding hydrogens is 630 g/mol. The van der Waals surface area contributed by atoms with Gasteiger partial charge in [0.2, 0.25) is 5.91 Å². The molecule has 4 aliphatic rings. The first-order chi connectivity index (χ1) is 22.3. The molecule has 0 aromatic rings. The molecule has 49 heavy (non-hydrogen) atoms. The third-order valence-electron chi connectivity index (χ3n) is 14.0. The Hall–Kier alpha value is -2.05. The molecule has 280 valence electrons. The number of rotatable bonds is 12. The maximum Gasteiger partial charge on any atom is 0.322 e. The Morgan fingerprint density at radius 2 is 1.61 bits per heavy atom. The van der Waals surface area contributed by atoms with Gasteiger partial charge in [0.15, 0.2) is 0 Å². The Bertz CT molecular complexity index is 1320. The standard InChI is InChI=1S/C38H63NO10/c1-21(10-13-27(40)34(4,5)47)22-14-15-37(8)23-11-12-26-33(2,3)32(46)25(17-36(26,7)24(23)16-28(41)38(22,37)9)49-31(45)19-35(6,48)18-29(42)39-20-30(43)44/h21-22,25-28,32,40-41,46-48H,10-20H2,1-9H3,(H,39,42)(H,43,44)/t21-,22-,25-,26?,27-,28+,32+,35?,36-,37+,38+/m1/s1. The number of esters is 1. The van der Waals surface area contributed by atoms with E-state index in [1.165, 1.54) is 18.1 Å². The van der Waals surface area contributed by atoms with Crippen molar-refractivity contribution in [3.63, 3.8) is 0 Å². The molecule has 7 N–H and O–H groups in total. The van der Waals surface area contributed by atoms with E-state index < -0.39 is 83.7 Å². The van der Waals surface area contributed by atoms with E-state index >= 15 is 0 Å². The third kappa shape index (κ3) is 7.21. The molecule has 0 aromatic carbocycles. The number of amides is 1. The van der Waals surface area contributed by atoms with Gasteiger partial charge < -0.3 is 40.7 Å². The van der Waals surface area contributed by atoms with Gasteiger partial charge in [-0.05, 0) is 106 Å². The van der Waals surface area contributed by atoms with Gasteiger partial charge in [-0.25, -0.2) is 0 Å². The number of carbonyl (C=O) groups is 3. The molecule has 0 heterocycles. The van der Waals surface area contributed by atoms with Crippen LogP contribution in [0.4, 0.5) is 0 Å². The fraction of sp³-hybridized carbons (Fsp3) is 0.868. The quantitative estimate of drug-likeness (QED) is 0.117. The number of carboxylic acid groups (broad SMARTS) is 1. The van der Waals surface area contributed by atoms with E-state index in [0.29, 0.717) is 19.3 Å². The molecule has 11 heteroatoms. The lowest BCUT2D eigenvalue weighted by Crippen LogP contribution is -2.62. The monoisotopic (exact) mass is 693 g/mol. The summed E-state index contributed by atoms with van der Waals surface area (Å²) in [4.78, 5) is 36.1. The fourth-order valence-electron chi connectivity index (χ4n) is 11.0. The lowest BCUT2D eigenvalue weighted by atomic mass is 9.42. The minimum atomic E-state index is -1.78. The Balaban J connectivity index is 1.58. The smallest absolute Gasteiger partial charge is 0.322 e. The molecule has 2 fully saturated rings. The van der Waals surface area contributed by atoms with Gasteiger partial charge >= 0.3 is 11.9 Å². The maximum absolute atomic E-state index is 13.2. The zero-order chi connectivity index (χ0) is 37.1. The molecule has 4 rings (SSSR count). The number of aliphatic hydroxyl groups is 5. The average molecular weight is 694 g/mol. The zero-order valence-corrected chi connectivity index (χ0v) is 31.1. The Kier molecular flexibility index (Phi) is 10.9. The number of nitrogens with one attached hydrogen (secondary N) is 1. The number of fused-ring (bicyclic) bond motifs is 4. The predicted molar refractivity (Wildman–Crippen MR) is 183 cm³/mol. The number of aliphatic hydroxyl groups excluding tert-OH is 3. The van der Waals surface area contributed by atoms with E-state index in [1.54, 1.807) is 13.8 Å². The lowest BCUT2D eigenvalue weighted by molar-refractivity contribution is -0.193. The summed E-state index contributed by atoms with van der Waals surface area (Å²) in [6.45, 7) is 16.9. The number of aliphatic carboxylic acids is 1. The maximum atomic E-state index is 13.2. The van der Waals surface area contributed by atoms with E-state index in [0.717, 1.165) is 32.1 Å². The molecule has 0 radical (unpaired) electrons. The molecule has 2 unspecified atom stereocenters. The van der Waals surface area contributed by atoms with Crippen LogP contribution in [-0.2, 0) is 19.1 Å². The molecule has 0 bridgehead atoms. The third-order valence-corrected chi connectivity index (χ3v) is 14.0. The highest BCUT2D eigenvalue weighted by Gasteiger charge is 2.67. The SMILES string of the molecule is C[C@H](CC[C@@H](O)C(C)(C)O)[C@H]1CC[C@@]2(C)C3=C(C[C@H](O)[C@]12C)[C@@]1(C)C[C@@H](OC(=O)CC(C)(O)CC(=O)NCC(=O)O)[C@H](O)C(C)(C)C1CC3. The zero-order valence-electron chi connectivity index (χ0n) is 31.1. The van der Waals surface area contributed by atoms with Gasteiger partial charge in [-0.1, -0.05) is 52.7 Å². The number of hydrogen-bond donors (Lipinski definition) is 7. The number of carboxylic acids is 1. The summed E-state index contributed by atoms with van der Waals surface area (Å²) in [5, 5.41) is 66.4. The van der Waals surface area contributed by atoms with Crippen LogP contribution < -0.4 is 5.32 Å². The molecule has 0 aliphatic heterocycles. The van der Waals surface area contributed by atoms with Crippen molar-refractivity contribution >= 4 is 17.8 Å². The number of carbonyl (C=O) groups excluding carboxylic acids is 2. The molecule has 4 aliphatic carbocycles. The highest BCUT2D eigenvalue weighted by atomic mass is 16.6. The Morgan fingerprint density at radius 3 is 2.20 bits per heavy atom. The van der Waals surface area contributed by atoms with Crippen LogP contribution in [0.1, 0.15) is 127 Å². The van der Waals surface area contributed by atoms with E-state index in [9.17, 15) is 39.9 Å². The summed E-state index contributed by atoms with van der Waals surface area (Å²) in [5.41, 5.74) is -2.08. The van der Waals surface area contributed by atoms with E-state index in [1.807, 2.05) is 13.8 Å². The molecule has 11 atom stereocenters. The van der Waals surface area contributed by atoms with Crippen molar-refractivity contribution in [2.75, 3.05) is 6.54 Å². The second-order valence-electron chi connectivity index (χ2n) is 18.2. The number of hydrogen-bond acceptors (Lipinski definition) is 9. The minimum Gasteiger partial charge on any atom is -0.480 e. The van der Waals surface area contributed by atoms with Crippen molar-refractivity contribution in [1.82, 2.24) is 5.32 Å². The van der Waals surface area contributed by atoms with Crippen LogP contribution in [0.3, 0.4) is 0 Å². The van der Waals surface area contributed by atoms with Crippen LogP contribution >= 0.6 is 0 Å². The highest BCUT2D eigenvalue weighted by molar-refractivity contribution is 5.82. The van der Waals surface area contributed by atoms with Crippen molar-refractivity contribution in [2.24, 2.45) is 39.4 Å². The molecule has 0 saturated heterocycles. The topological polar surface area (TPSA) is 194 Å². The largest absolute Gasteiger partial charge is 0.480 e. The van der Waals surface area contributed by atoms with Gasteiger partial charge in [0.1, 0.15) is 12.6 Å². The summed E-state index contributed by atoms with van der Waals surface area (Å²) in [6, 6.07) is 0. The van der Waals surface area contributed by atoms with Gasteiger partial charge in [0.05, 0.1) is 42.4 Å². The van der Waals surface area contributed by atoms with Gasteiger partial charge in [0.25, 0.3) is 0 Å². The summed E-state index contributed by atoms with van der Waals surface area (Å²) >= 11 is 0. The van der Waals surface area contributed by atoms with Gasteiger partial charge in [0, 0.05) is 5.41 Å². The average Bonchev–Trinajstić information content (AvgIpc) is 3.25. The molecule has 0 spiro atoms. The molecular formula is C38H63NO10. The first kappa shape index (κ1) is 39.7. The fourth-order valence-corrected chi connectivity index (χ4v) is 11.0. The van der Waals surface area contributed by atoms with E-state index in [4.69, 9.17) is 9.84 Å². The van der Waals surface area contributed by atoms with Crippen LogP contribution in [0.5, 0.6) is 0 Å². The van der Waals surface area contributed by atoms with Crippen LogP contribution in [0.25, 0.3) is 0 Å². The summed E-state index contributed by atoms with van der Waals surface area (Å²) in [7, 11) is 0. The highest BCUT2D eigenvalue weighted by Crippen LogP contribution is 2.72. The lowest BCUT2D eigenvalue weighted by Gasteiger charge is -2.64. The van der Waals surface area contributed by atoms with Crippen molar-refractivity contribution in [2.45, 2.75) is 162 Å². The second-order valence-corrected chi connectivity index (χ2v) is 18.2. The minimum absolute atomic E-state index is 0.0735. The molecule has 2 saturated carbocycles. The van der Waals surface area contributed by atoms with E-state index in [-0.39, 0.29) is 28.6 Å². The van der Waals surface area contributed by atoms with Gasteiger partial charge in [-0.3, -0.25) is 14.4 Å². The summed E-state index contributed by atoms with van der Waals surface area (Å²) in [5.74, 6) is -2.14. The van der Waals surface area contributed by atoms with Gasteiger partial charge in [-0.15, -0.1) is 0 Å². The van der Waals surface area contributed by atoms with Crippen molar-refractivity contribution < 1.29 is 49.8 Å². The van der Waals surface area contributed by atoms with Gasteiger partial charge in [-0.2, -0.15) is 0 Å². The second kappa shape index (κ2) is 13.5. The Labute approximate surface area is 291 Å².